The van der Waals surface area contributed by atoms with Gasteiger partial charge in [0, 0.05) is 43.6 Å². The average molecular weight is 359 g/mol. The first-order chi connectivity index (χ1) is 12.5. The van der Waals surface area contributed by atoms with Gasteiger partial charge < -0.3 is 14.9 Å². The van der Waals surface area contributed by atoms with Crippen molar-refractivity contribution in [2.24, 2.45) is 11.8 Å². The molecule has 2 saturated heterocycles. The third-order valence-electron chi connectivity index (χ3n) is 5.57. The van der Waals surface area contributed by atoms with E-state index in [9.17, 15) is 19.5 Å². The molecule has 3 atom stereocenters. The monoisotopic (exact) mass is 359 g/mol. The summed E-state index contributed by atoms with van der Waals surface area (Å²) < 4.78 is 0. The summed E-state index contributed by atoms with van der Waals surface area (Å²) in [5.41, 5.74) is 0.574. The Hall–Kier alpha value is -2.44. The lowest BCUT2D eigenvalue weighted by Gasteiger charge is -2.41. The van der Waals surface area contributed by atoms with Crippen molar-refractivity contribution in [3.8, 4) is 0 Å². The predicted octanol–water partition coefficient (Wildman–Crippen LogP) is 1.65. The number of amides is 2. The van der Waals surface area contributed by atoms with Crippen molar-refractivity contribution in [2.75, 3.05) is 19.6 Å². The number of likely N-dealkylation sites (tertiary alicyclic amines) is 2. The maximum atomic E-state index is 13.0. The summed E-state index contributed by atoms with van der Waals surface area (Å²) in [4.78, 5) is 44.4. The van der Waals surface area contributed by atoms with Crippen LogP contribution in [0.1, 0.15) is 43.0 Å². The van der Waals surface area contributed by atoms with Crippen LogP contribution in [0, 0.1) is 11.8 Å². The molecule has 0 aromatic carbocycles. The average Bonchev–Trinajstić information content (AvgIpc) is 2.67. The first-order valence-electron chi connectivity index (χ1n) is 9.21. The molecular formula is C19H25N3O4. The highest BCUT2D eigenvalue weighted by molar-refractivity contribution is 5.94. The highest BCUT2D eigenvalue weighted by Crippen LogP contribution is 2.28. The van der Waals surface area contributed by atoms with E-state index in [1.165, 1.54) is 0 Å². The molecule has 1 N–H and O–H groups in total. The Morgan fingerprint density at radius 3 is 2.50 bits per heavy atom. The molecule has 3 rings (SSSR count). The lowest BCUT2D eigenvalue weighted by molar-refractivity contribution is -0.151. The van der Waals surface area contributed by atoms with Crippen LogP contribution < -0.4 is 0 Å². The van der Waals surface area contributed by atoms with Crippen LogP contribution in [0.2, 0.25) is 0 Å². The van der Waals surface area contributed by atoms with Crippen LogP contribution in [0.25, 0.3) is 0 Å². The number of aromatic nitrogens is 1. The number of nitrogens with zero attached hydrogens (tertiary/aromatic N) is 3. The lowest BCUT2D eigenvalue weighted by Crippen LogP contribution is -2.53. The predicted molar refractivity (Wildman–Crippen MR) is 94.4 cm³/mol. The molecule has 0 aliphatic carbocycles. The summed E-state index contributed by atoms with van der Waals surface area (Å²) in [5, 5.41) is 9.36. The molecule has 2 fully saturated rings. The van der Waals surface area contributed by atoms with E-state index in [0.717, 1.165) is 12.8 Å². The molecule has 2 aliphatic rings. The van der Waals surface area contributed by atoms with Gasteiger partial charge in [-0.1, -0.05) is 0 Å². The number of hydrogen-bond donors (Lipinski definition) is 1. The van der Waals surface area contributed by atoms with E-state index in [-0.39, 0.29) is 23.8 Å². The number of carbonyl (C=O) groups excluding carboxylic acids is 2. The second kappa shape index (κ2) is 7.85. The number of carboxylic acid groups (broad SMARTS) is 1. The smallest absolute Gasteiger partial charge is 0.308 e. The summed E-state index contributed by atoms with van der Waals surface area (Å²) >= 11 is 0. The van der Waals surface area contributed by atoms with Crippen LogP contribution in [0.15, 0.2) is 24.5 Å². The number of piperidine rings is 2. The van der Waals surface area contributed by atoms with E-state index in [1.54, 1.807) is 34.3 Å². The van der Waals surface area contributed by atoms with E-state index in [0.29, 0.717) is 38.0 Å². The number of aliphatic carboxylic acids is 1. The highest BCUT2D eigenvalue weighted by atomic mass is 16.4. The van der Waals surface area contributed by atoms with Gasteiger partial charge in [0.05, 0.1) is 11.8 Å². The standard InChI is InChI=1S/C19H25N3O4/c1-13-16(19(25)26)5-3-11-22(13)18(24)15-4-2-10-21(12-15)17(23)14-6-8-20-9-7-14/h6-9,13,15-16H,2-5,10-12H2,1H3,(H,25,26)/t13-,15?,16-/m1/s1. The molecule has 140 valence electrons. The third kappa shape index (κ3) is 3.71. The summed E-state index contributed by atoms with van der Waals surface area (Å²) in [6.07, 6.45) is 6.00. The first kappa shape index (κ1) is 18.4. The van der Waals surface area contributed by atoms with Gasteiger partial charge in [-0.25, -0.2) is 0 Å². The van der Waals surface area contributed by atoms with Gasteiger partial charge in [-0.2, -0.15) is 0 Å². The van der Waals surface area contributed by atoms with Crippen LogP contribution in [0.3, 0.4) is 0 Å². The fourth-order valence-corrected chi connectivity index (χ4v) is 4.06. The van der Waals surface area contributed by atoms with Crippen LogP contribution in [0.4, 0.5) is 0 Å². The number of carboxylic acids is 1. The summed E-state index contributed by atoms with van der Waals surface area (Å²) in [7, 11) is 0. The minimum absolute atomic E-state index is 0.0179. The molecule has 1 aromatic heterocycles. The fraction of sp³-hybridized carbons (Fsp3) is 0.579. The SMILES string of the molecule is C[C@@H]1[C@H](C(=O)O)CCCN1C(=O)C1CCCN(C(=O)c2ccncc2)C1. The molecule has 2 amide bonds. The molecule has 0 saturated carbocycles. The van der Waals surface area contributed by atoms with E-state index in [1.807, 2.05) is 6.92 Å². The van der Waals surface area contributed by atoms with Gasteiger partial charge in [0.25, 0.3) is 5.91 Å². The molecule has 3 heterocycles. The Morgan fingerprint density at radius 2 is 1.81 bits per heavy atom. The van der Waals surface area contributed by atoms with Gasteiger partial charge in [-0.05, 0) is 44.7 Å². The summed E-state index contributed by atoms with van der Waals surface area (Å²) in [6, 6.07) is 3.05. The van der Waals surface area contributed by atoms with Gasteiger partial charge in [-0.15, -0.1) is 0 Å². The third-order valence-corrected chi connectivity index (χ3v) is 5.57. The van der Waals surface area contributed by atoms with Gasteiger partial charge in [0.1, 0.15) is 0 Å². The molecular weight excluding hydrogens is 334 g/mol. The van der Waals surface area contributed by atoms with Crippen LogP contribution >= 0.6 is 0 Å². The molecule has 26 heavy (non-hydrogen) atoms. The van der Waals surface area contributed by atoms with Crippen molar-refractivity contribution in [1.82, 2.24) is 14.8 Å². The first-order valence-corrected chi connectivity index (χ1v) is 9.21. The maximum absolute atomic E-state index is 13.0. The van der Waals surface area contributed by atoms with Gasteiger partial charge >= 0.3 is 5.97 Å². The number of carbonyl (C=O) groups is 3. The Labute approximate surface area is 153 Å². The second-order valence-corrected chi connectivity index (χ2v) is 7.19. The number of hydrogen-bond acceptors (Lipinski definition) is 4. The van der Waals surface area contributed by atoms with Crippen molar-refractivity contribution in [2.45, 2.75) is 38.6 Å². The minimum Gasteiger partial charge on any atom is -0.481 e. The fourth-order valence-electron chi connectivity index (χ4n) is 4.06. The second-order valence-electron chi connectivity index (χ2n) is 7.19. The molecule has 0 spiro atoms. The van der Waals surface area contributed by atoms with Crippen molar-refractivity contribution in [3.05, 3.63) is 30.1 Å². The minimum atomic E-state index is -0.840. The van der Waals surface area contributed by atoms with Crippen LogP contribution in [0.5, 0.6) is 0 Å². The lowest BCUT2D eigenvalue weighted by atomic mass is 9.88. The largest absolute Gasteiger partial charge is 0.481 e. The molecule has 0 radical (unpaired) electrons. The zero-order valence-electron chi connectivity index (χ0n) is 15.0. The van der Waals surface area contributed by atoms with E-state index in [4.69, 9.17) is 0 Å². The Balaban J connectivity index is 1.68. The summed E-state index contributed by atoms with van der Waals surface area (Å²) in [5.74, 6) is -1.71. The molecule has 2 aliphatic heterocycles. The topological polar surface area (TPSA) is 90.8 Å². The Bertz CT molecular complexity index is 679. The van der Waals surface area contributed by atoms with Gasteiger partial charge in [0.15, 0.2) is 0 Å². The van der Waals surface area contributed by atoms with E-state index < -0.39 is 11.9 Å². The van der Waals surface area contributed by atoms with Crippen molar-refractivity contribution >= 4 is 17.8 Å². The zero-order chi connectivity index (χ0) is 18.7. The van der Waals surface area contributed by atoms with Gasteiger partial charge in [0.2, 0.25) is 5.91 Å². The highest BCUT2D eigenvalue weighted by Gasteiger charge is 2.39. The number of rotatable bonds is 3. The Morgan fingerprint density at radius 1 is 1.12 bits per heavy atom. The Kier molecular flexibility index (Phi) is 5.54. The zero-order valence-corrected chi connectivity index (χ0v) is 15.0. The maximum Gasteiger partial charge on any atom is 0.308 e. The van der Waals surface area contributed by atoms with Gasteiger partial charge in [-0.3, -0.25) is 19.4 Å². The van der Waals surface area contributed by atoms with E-state index in [2.05, 4.69) is 4.98 Å². The quantitative estimate of drug-likeness (QED) is 0.886. The van der Waals surface area contributed by atoms with Crippen molar-refractivity contribution in [1.29, 1.82) is 0 Å². The number of pyridine rings is 1. The van der Waals surface area contributed by atoms with Crippen LogP contribution in [-0.2, 0) is 9.59 Å². The molecule has 1 aromatic rings. The molecule has 1 unspecified atom stereocenters. The normalized spacial score (nSPS) is 26.4. The molecule has 7 nitrogen and oxygen atoms in total. The van der Waals surface area contributed by atoms with Crippen molar-refractivity contribution in [3.63, 3.8) is 0 Å². The summed E-state index contributed by atoms with van der Waals surface area (Å²) in [6.45, 7) is 3.44. The van der Waals surface area contributed by atoms with Crippen LogP contribution in [-0.4, -0.2) is 63.4 Å². The molecule has 0 bridgehead atoms. The van der Waals surface area contributed by atoms with Crippen molar-refractivity contribution < 1.29 is 19.5 Å². The molecule has 7 heteroatoms. The van der Waals surface area contributed by atoms with E-state index >= 15 is 0 Å².